The quantitative estimate of drug-likeness (QED) is 0.156. The molecule has 3 spiro atoms. The number of halogens is 1. The Morgan fingerprint density at radius 1 is 0.283 bits per heavy atom. The van der Waals surface area contributed by atoms with Gasteiger partial charge in [0, 0.05) is 102 Å². The van der Waals surface area contributed by atoms with Crippen molar-refractivity contribution < 1.29 is 18.1 Å². The van der Waals surface area contributed by atoms with E-state index >= 15 is 0 Å². The number of hydrogen-bond acceptors (Lipinski definition) is 3. The van der Waals surface area contributed by atoms with E-state index in [9.17, 15) is 4.39 Å². The Bertz CT molecular complexity index is 5220. The summed E-state index contributed by atoms with van der Waals surface area (Å²) in [6.45, 7) is 17.5. The molecule has 99 heavy (non-hydrogen) atoms. The van der Waals surface area contributed by atoms with Gasteiger partial charge in [-0.05, 0) is 226 Å². The van der Waals surface area contributed by atoms with Crippen molar-refractivity contribution in [3.05, 3.63) is 285 Å². The zero-order chi connectivity index (χ0) is 68.2. The summed E-state index contributed by atoms with van der Waals surface area (Å²) in [7, 11) is 6.43. The summed E-state index contributed by atoms with van der Waals surface area (Å²) in [4.78, 5) is 15.3. The van der Waals surface area contributed by atoms with Crippen LogP contribution in [0.3, 0.4) is 0 Å². The monoisotopic (exact) mass is 1300 g/mol. The number of pyridine rings is 6. The minimum absolute atomic E-state index is 0.0878. The number of rotatable bonds is 6. The van der Waals surface area contributed by atoms with Crippen LogP contribution >= 0.6 is 0 Å². The normalized spacial score (nSPS) is 15.6. The number of benzene rings is 6. The van der Waals surface area contributed by atoms with Crippen LogP contribution in [0.2, 0.25) is 0 Å². The maximum Gasteiger partial charge on any atom is 0.212 e. The molecule has 0 saturated heterocycles. The lowest BCUT2D eigenvalue weighted by Gasteiger charge is -2.26. The standard InChI is InChI=1S/C31H30FN2.C31H31N2.C30H29N2/c1-19-15-28-26(24-12-7-21(3)33-30(24)31(28)13-5-6-14-31)17-25(19)29-16-20(2)27(18-34(29)4)22-8-10-23(32)11-9-22;1-20-16-28-26(24-13-12-22(3)32-30(24)31(28)14-8-9-15-31)18-25(20)29-17-21(2)27(19-33(29)4)23-10-6-5-7-11-23;1-20-17-27-26(24-13-11-21(2)31-29(24)30(27)15-7-8-16-30)18-25(20)28-14-12-23(19-32(28)3)22-9-5-4-6-10-22/h7-12,15-18H,5-6,13-14H2,1-4H3;5-7,10-13,16-19H,8-9,14-15H2,1-4H3;4-6,9-14,17-19H,7-8,15-16H2,1-3H3/q3*+1. The van der Waals surface area contributed by atoms with Crippen molar-refractivity contribution in [2.45, 2.75) is 149 Å². The van der Waals surface area contributed by atoms with Gasteiger partial charge in [0.2, 0.25) is 17.1 Å². The number of nitrogens with zero attached hydrogens (tertiary/aromatic N) is 6. The molecule has 3 saturated carbocycles. The van der Waals surface area contributed by atoms with Crippen LogP contribution in [0.1, 0.15) is 156 Å². The summed E-state index contributed by atoms with van der Waals surface area (Å²) < 4.78 is 20.2. The Labute approximate surface area is 585 Å². The van der Waals surface area contributed by atoms with E-state index in [0.717, 1.165) is 28.2 Å². The van der Waals surface area contributed by atoms with Crippen molar-refractivity contribution in [3.8, 4) is 101 Å². The van der Waals surface area contributed by atoms with Gasteiger partial charge in [0.05, 0.1) is 17.1 Å². The summed E-state index contributed by atoms with van der Waals surface area (Å²) in [5.41, 5.74) is 41.6. The molecule has 492 valence electrons. The van der Waals surface area contributed by atoms with E-state index in [0.29, 0.717) is 0 Å². The van der Waals surface area contributed by atoms with Crippen molar-refractivity contribution in [1.82, 2.24) is 15.0 Å². The van der Waals surface area contributed by atoms with Gasteiger partial charge >= 0.3 is 0 Å². The third-order valence-corrected chi connectivity index (χ3v) is 23.6. The van der Waals surface area contributed by atoms with E-state index in [1.54, 1.807) is 0 Å². The van der Waals surface area contributed by atoms with Crippen LogP contribution in [0.15, 0.2) is 201 Å². The first-order chi connectivity index (χ1) is 47.9. The van der Waals surface area contributed by atoms with Gasteiger partial charge in [0.1, 0.15) is 27.0 Å². The van der Waals surface area contributed by atoms with Gasteiger partial charge in [-0.15, -0.1) is 0 Å². The summed E-state index contributed by atoms with van der Waals surface area (Å²) in [6.07, 6.45) is 21.7. The van der Waals surface area contributed by atoms with Crippen molar-refractivity contribution in [3.63, 3.8) is 0 Å². The predicted octanol–water partition coefficient (Wildman–Crippen LogP) is 20.8. The summed E-state index contributed by atoms with van der Waals surface area (Å²) in [5.74, 6) is -0.207. The predicted molar refractivity (Wildman–Crippen MR) is 401 cm³/mol. The number of fused-ring (bicyclic) bond motifs is 15. The molecule has 0 atom stereocenters. The molecule has 6 aromatic heterocycles. The van der Waals surface area contributed by atoms with Crippen LogP contribution in [0, 0.1) is 61.2 Å². The van der Waals surface area contributed by atoms with Gasteiger partial charge in [0.15, 0.2) is 18.6 Å². The highest BCUT2D eigenvalue weighted by molar-refractivity contribution is 5.88. The lowest BCUT2D eigenvalue weighted by molar-refractivity contribution is -0.660. The first-order valence-electron chi connectivity index (χ1n) is 36.2. The third-order valence-electron chi connectivity index (χ3n) is 23.6. The van der Waals surface area contributed by atoms with Gasteiger partial charge in [-0.2, -0.15) is 0 Å². The van der Waals surface area contributed by atoms with Crippen molar-refractivity contribution in [1.29, 1.82) is 0 Å². The topological polar surface area (TPSA) is 50.3 Å². The van der Waals surface area contributed by atoms with Crippen LogP contribution in [-0.4, -0.2) is 15.0 Å². The molecule has 0 unspecified atom stereocenters. The van der Waals surface area contributed by atoms with Crippen molar-refractivity contribution in [2.24, 2.45) is 21.1 Å². The molecule has 3 fully saturated rings. The molecule has 6 nitrogen and oxygen atoms in total. The number of aryl methyl sites for hydroxylation is 11. The first-order valence-corrected chi connectivity index (χ1v) is 36.2. The maximum atomic E-state index is 13.4. The zero-order valence-corrected chi connectivity index (χ0v) is 59.6. The molecule has 7 heteroatoms. The van der Waals surface area contributed by atoms with E-state index in [-0.39, 0.29) is 22.1 Å². The second-order valence-corrected chi connectivity index (χ2v) is 29.9. The molecule has 12 aromatic rings. The van der Waals surface area contributed by atoms with Crippen LogP contribution in [0.25, 0.3) is 101 Å². The summed E-state index contributed by atoms with van der Waals surface area (Å²) >= 11 is 0. The average Bonchev–Trinajstić information content (AvgIpc) is 1.57. The minimum atomic E-state index is -0.207. The molecule has 0 radical (unpaired) electrons. The molecule has 6 heterocycles. The summed E-state index contributed by atoms with van der Waals surface area (Å²) in [5, 5.41) is 0. The average molecular weight is 1300 g/mol. The van der Waals surface area contributed by atoms with Crippen LogP contribution in [-0.2, 0) is 37.4 Å². The Balaban J connectivity index is 0.000000116. The second-order valence-electron chi connectivity index (χ2n) is 29.9. The van der Waals surface area contributed by atoms with E-state index in [1.807, 2.05) is 12.1 Å². The van der Waals surface area contributed by atoms with Gasteiger partial charge < -0.3 is 0 Å². The van der Waals surface area contributed by atoms with Crippen molar-refractivity contribution in [2.75, 3.05) is 0 Å². The molecular weight excluding hydrogens is 1210 g/mol. The Morgan fingerprint density at radius 2 is 0.606 bits per heavy atom. The minimum Gasteiger partial charge on any atom is -0.257 e. The van der Waals surface area contributed by atoms with E-state index in [4.69, 9.17) is 15.0 Å². The third kappa shape index (κ3) is 10.7. The molecule has 6 aliphatic rings. The van der Waals surface area contributed by atoms with Crippen LogP contribution in [0.4, 0.5) is 4.39 Å². The highest BCUT2D eigenvalue weighted by Gasteiger charge is 2.50. The van der Waals surface area contributed by atoms with E-state index in [1.165, 1.54) is 240 Å². The first kappa shape index (κ1) is 63.9. The molecule has 18 rings (SSSR count). The largest absolute Gasteiger partial charge is 0.257 e. The zero-order valence-electron chi connectivity index (χ0n) is 59.6. The van der Waals surface area contributed by atoms with Crippen molar-refractivity contribution >= 4 is 0 Å². The Kier molecular flexibility index (Phi) is 16.0. The van der Waals surface area contributed by atoms with Gasteiger partial charge in [0.25, 0.3) is 0 Å². The fourth-order valence-electron chi connectivity index (χ4n) is 18.6. The Hall–Kier alpha value is -9.85. The fraction of sp³-hybridized carbons (Fsp3) is 0.283. The molecular formula is C92H90FN6+3. The second kappa shape index (κ2) is 24.8. The van der Waals surface area contributed by atoms with Gasteiger partial charge in [-0.25, -0.2) is 18.1 Å². The SMILES string of the molecule is Cc1ccc2c(n1)C1(CCCC1)c1cc(C)c(-c3cc(C)c(-c4ccc(F)cc4)c[n+]3C)cc1-2.Cc1ccc2c(n1)C1(CCCC1)c1cc(C)c(-c3cc(C)c(-c4ccccc4)c[n+]3C)cc1-2.Cc1ccc2c(n1)C1(CCCC1)c1cc(C)c(-c3ccc(-c4ccccc4)c[n+]3C)cc1-2. The van der Waals surface area contributed by atoms with Crippen LogP contribution in [0.5, 0.6) is 0 Å². The van der Waals surface area contributed by atoms with E-state index in [2.05, 4.69) is 267 Å². The lowest BCUT2D eigenvalue weighted by atomic mass is 9.78. The van der Waals surface area contributed by atoms with Gasteiger partial charge in [-0.1, -0.05) is 148 Å². The van der Waals surface area contributed by atoms with Crippen LogP contribution < -0.4 is 13.7 Å². The maximum absolute atomic E-state index is 13.4. The molecule has 0 N–H and O–H groups in total. The van der Waals surface area contributed by atoms with Gasteiger partial charge in [-0.3, -0.25) is 15.0 Å². The fourth-order valence-corrected chi connectivity index (χ4v) is 18.6. The highest BCUT2D eigenvalue weighted by Crippen LogP contribution is 2.60. The van der Waals surface area contributed by atoms with E-state index < -0.39 is 0 Å². The highest BCUT2D eigenvalue weighted by atomic mass is 19.1. The number of aromatic nitrogens is 6. The summed E-state index contributed by atoms with van der Waals surface area (Å²) in [6, 6.07) is 65.2. The molecule has 0 amide bonds. The molecule has 0 bridgehead atoms. The number of hydrogen-bond donors (Lipinski definition) is 0. The Morgan fingerprint density at radius 3 is 0.980 bits per heavy atom. The smallest absolute Gasteiger partial charge is 0.212 e. The molecule has 0 aliphatic heterocycles. The lowest BCUT2D eigenvalue weighted by Crippen LogP contribution is -2.31. The molecule has 6 aromatic carbocycles. The molecule has 6 aliphatic carbocycles.